The summed E-state index contributed by atoms with van der Waals surface area (Å²) >= 11 is 0. The lowest BCUT2D eigenvalue weighted by Crippen LogP contribution is -2.45. The summed E-state index contributed by atoms with van der Waals surface area (Å²) < 4.78 is 5.39. The molecule has 1 fully saturated rings. The van der Waals surface area contributed by atoms with Crippen molar-refractivity contribution >= 4 is 17.5 Å². The molecule has 0 spiro atoms. The number of carbonyl (C=O) groups excluding carboxylic acids is 2. The SMILES string of the molecule is CN1CCN(CCCCNC(=O)CN2C(=O)COc3ccccc32)CC1. The minimum atomic E-state index is -0.186. The summed E-state index contributed by atoms with van der Waals surface area (Å²) in [4.78, 5) is 30.6. The van der Waals surface area contributed by atoms with Crippen LogP contribution in [0.4, 0.5) is 5.69 Å². The molecule has 1 N–H and O–H groups in total. The van der Waals surface area contributed by atoms with Gasteiger partial charge in [-0.2, -0.15) is 0 Å². The largest absolute Gasteiger partial charge is 0.482 e. The Morgan fingerprint density at radius 3 is 2.73 bits per heavy atom. The van der Waals surface area contributed by atoms with Crippen molar-refractivity contribution < 1.29 is 14.3 Å². The molecule has 0 aliphatic carbocycles. The zero-order valence-electron chi connectivity index (χ0n) is 15.4. The standard InChI is InChI=1S/C19H28N4O3/c1-21-10-12-22(13-11-21)9-5-4-8-20-18(24)14-23-16-6-2-3-7-17(16)26-15-19(23)25/h2-3,6-7H,4-5,8-15H2,1H3,(H,20,24). The number of nitrogens with zero attached hydrogens (tertiary/aromatic N) is 3. The van der Waals surface area contributed by atoms with E-state index in [1.165, 1.54) is 4.90 Å². The molecule has 0 bridgehead atoms. The first-order chi connectivity index (χ1) is 12.6. The number of unbranched alkanes of at least 4 members (excludes halogenated alkanes) is 1. The van der Waals surface area contributed by atoms with E-state index in [-0.39, 0.29) is 25.0 Å². The second kappa shape index (κ2) is 9.00. The van der Waals surface area contributed by atoms with Crippen molar-refractivity contribution in [2.75, 3.05) is 64.4 Å². The molecule has 142 valence electrons. The molecule has 2 heterocycles. The summed E-state index contributed by atoms with van der Waals surface area (Å²) in [5, 5.41) is 2.93. The summed E-state index contributed by atoms with van der Waals surface area (Å²) in [6, 6.07) is 7.30. The van der Waals surface area contributed by atoms with Gasteiger partial charge in [-0.1, -0.05) is 12.1 Å². The second-order valence-corrected chi connectivity index (χ2v) is 6.94. The first-order valence-electron chi connectivity index (χ1n) is 9.33. The maximum atomic E-state index is 12.2. The zero-order valence-corrected chi connectivity index (χ0v) is 15.4. The lowest BCUT2D eigenvalue weighted by atomic mass is 10.2. The third kappa shape index (κ3) is 4.95. The number of hydrogen-bond acceptors (Lipinski definition) is 5. The molecule has 1 aromatic carbocycles. The molecule has 1 aromatic rings. The minimum absolute atomic E-state index is 0.0185. The number of rotatable bonds is 7. The highest BCUT2D eigenvalue weighted by Crippen LogP contribution is 2.31. The lowest BCUT2D eigenvalue weighted by molar-refractivity contribution is -0.125. The summed E-state index contributed by atoms with van der Waals surface area (Å²) in [7, 11) is 2.16. The van der Waals surface area contributed by atoms with Crippen LogP contribution in [0.1, 0.15) is 12.8 Å². The Labute approximate surface area is 154 Å². The molecule has 0 radical (unpaired) electrons. The highest BCUT2D eigenvalue weighted by atomic mass is 16.5. The number of benzene rings is 1. The lowest BCUT2D eigenvalue weighted by Gasteiger charge is -2.32. The third-order valence-corrected chi connectivity index (χ3v) is 4.93. The zero-order chi connectivity index (χ0) is 18.4. The van der Waals surface area contributed by atoms with Crippen molar-refractivity contribution in [1.29, 1.82) is 0 Å². The Hall–Kier alpha value is -2.12. The van der Waals surface area contributed by atoms with E-state index in [1.54, 1.807) is 6.07 Å². The van der Waals surface area contributed by atoms with Crippen LogP contribution in [0.25, 0.3) is 0 Å². The first-order valence-corrected chi connectivity index (χ1v) is 9.33. The molecule has 2 amide bonds. The number of likely N-dealkylation sites (N-methyl/N-ethyl adjacent to an activating group) is 1. The molecule has 0 saturated carbocycles. The fraction of sp³-hybridized carbons (Fsp3) is 0.579. The number of amides is 2. The Kier molecular flexibility index (Phi) is 6.46. The Bertz CT molecular complexity index is 629. The average Bonchev–Trinajstić information content (AvgIpc) is 2.65. The molecule has 26 heavy (non-hydrogen) atoms. The van der Waals surface area contributed by atoms with Crippen LogP contribution in [0.5, 0.6) is 5.75 Å². The van der Waals surface area contributed by atoms with Gasteiger partial charge in [0.15, 0.2) is 6.61 Å². The van der Waals surface area contributed by atoms with E-state index >= 15 is 0 Å². The Balaban J connectivity index is 1.36. The van der Waals surface area contributed by atoms with Crippen molar-refractivity contribution in [3.63, 3.8) is 0 Å². The number of carbonyl (C=O) groups is 2. The average molecular weight is 360 g/mol. The van der Waals surface area contributed by atoms with Crippen LogP contribution < -0.4 is 15.0 Å². The van der Waals surface area contributed by atoms with Gasteiger partial charge in [0, 0.05) is 32.7 Å². The number of para-hydroxylation sites is 2. The summed E-state index contributed by atoms with van der Waals surface area (Å²) in [5.41, 5.74) is 0.661. The quantitative estimate of drug-likeness (QED) is 0.720. The van der Waals surface area contributed by atoms with Gasteiger partial charge in [0.1, 0.15) is 12.3 Å². The van der Waals surface area contributed by atoms with Gasteiger partial charge in [0.2, 0.25) is 5.91 Å². The smallest absolute Gasteiger partial charge is 0.265 e. The van der Waals surface area contributed by atoms with E-state index in [0.29, 0.717) is 18.0 Å². The van der Waals surface area contributed by atoms with Gasteiger partial charge < -0.3 is 19.9 Å². The fourth-order valence-corrected chi connectivity index (χ4v) is 3.29. The van der Waals surface area contributed by atoms with Crippen molar-refractivity contribution in [2.24, 2.45) is 0 Å². The van der Waals surface area contributed by atoms with E-state index in [2.05, 4.69) is 22.2 Å². The van der Waals surface area contributed by atoms with Crippen LogP contribution in [-0.2, 0) is 9.59 Å². The molecule has 3 rings (SSSR count). The molecular formula is C19H28N4O3. The predicted molar refractivity (Wildman–Crippen MR) is 100 cm³/mol. The normalized spacial score (nSPS) is 18.3. The number of nitrogens with one attached hydrogen (secondary N) is 1. The molecular weight excluding hydrogens is 332 g/mol. The van der Waals surface area contributed by atoms with E-state index in [4.69, 9.17) is 4.74 Å². The number of anilines is 1. The molecule has 7 nitrogen and oxygen atoms in total. The Morgan fingerprint density at radius 2 is 1.92 bits per heavy atom. The minimum Gasteiger partial charge on any atom is -0.482 e. The molecule has 2 aliphatic rings. The van der Waals surface area contributed by atoms with Gasteiger partial charge in [0.05, 0.1) is 5.69 Å². The maximum absolute atomic E-state index is 12.2. The maximum Gasteiger partial charge on any atom is 0.265 e. The van der Waals surface area contributed by atoms with E-state index < -0.39 is 0 Å². The molecule has 0 aromatic heterocycles. The highest BCUT2D eigenvalue weighted by molar-refractivity contribution is 6.02. The fourth-order valence-electron chi connectivity index (χ4n) is 3.29. The van der Waals surface area contributed by atoms with Gasteiger partial charge in [0.25, 0.3) is 5.91 Å². The Morgan fingerprint density at radius 1 is 1.15 bits per heavy atom. The van der Waals surface area contributed by atoms with E-state index in [0.717, 1.165) is 45.6 Å². The van der Waals surface area contributed by atoms with Gasteiger partial charge in [-0.3, -0.25) is 14.5 Å². The number of hydrogen-bond donors (Lipinski definition) is 1. The predicted octanol–water partition coefficient (Wildman–Crippen LogP) is 0.556. The van der Waals surface area contributed by atoms with Crippen LogP contribution in [0, 0.1) is 0 Å². The van der Waals surface area contributed by atoms with Crippen molar-refractivity contribution in [3.05, 3.63) is 24.3 Å². The van der Waals surface area contributed by atoms with Crippen LogP contribution in [0.2, 0.25) is 0 Å². The van der Waals surface area contributed by atoms with Gasteiger partial charge in [-0.25, -0.2) is 0 Å². The number of ether oxygens (including phenoxy) is 1. The third-order valence-electron chi connectivity index (χ3n) is 4.93. The summed E-state index contributed by atoms with van der Waals surface area (Å²) in [6.45, 7) is 6.26. The number of fused-ring (bicyclic) bond motifs is 1. The highest BCUT2D eigenvalue weighted by Gasteiger charge is 2.26. The molecule has 0 unspecified atom stereocenters. The summed E-state index contributed by atoms with van der Waals surface area (Å²) in [5.74, 6) is 0.329. The molecule has 1 saturated heterocycles. The van der Waals surface area contributed by atoms with Crippen molar-refractivity contribution in [1.82, 2.24) is 15.1 Å². The molecule has 0 atom stereocenters. The first kappa shape index (κ1) is 18.7. The number of piperazine rings is 1. The van der Waals surface area contributed by atoms with E-state index in [9.17, 15) is 9.59 Å². The van der Waals surface area contributed by atoms with Gasteiger partial charge >= 0.3 is 0 Å². The van der Waals surface area contributed by atoms with Crippen LogP contribution >= 0.6 is 0 Å². The van der Waals surface area contributed by atoms with Crippen LogP contribution in [-0.4, -0.2) is 81.1 Å². The molecule has 2 aliphatic heterocycles. The topological polar surface area (TPSA) is 65.1 Å². The summed E-state index contributed by atoms with van der Waals surface area (Å²) in [6.07, 6.45) is 2.02. The van der Waals surface area contributed by atoms with E-state index in [1.807, 2.05) is 18.2 Å². The van der Waals surface area contributed by atoms with Crippen LogP contribution in [0.15, 0.2) is 24.3 Å². The molecule has 7 heteroatoms. The monoisotopic (exact) mass is 360 g/mol. The second-order valence-electron chi connectivity index (χ2n) is 6.94. The van der Waals surface area contributed by atoms with Gasteiger partial charge in [-0.15, -0.1) is 0 Å². The van der Waals surface area contributed by atoms with Crippen molar-refractivity contribution in [2.45, 2.75) is 12.8 Å². The van der Waals surface area contributed by atoms with Gasteiger partial charge in [-0.05, 0) is 38.6 Å². The van der Waals surface area contributed by atoms with Crippen molar-refractivity contribution in [3.8, 4) is 5.75 Å². The van der Waals surface area contributed by atoms with Crippen LogP contribution in [0.3, 0.4) is 0 Å².